The van der Waals surface area contributed by atoms with Crippen molar-refractivity contribution in [2.75, 3.05) is 14.2 Å². The first kappa shape index (κ1) is 15.7. The zero-order chi connectivity index (χ0) is 16.6. The fourth-order valence-corrected chi connectivity index (χ4v) is 3.19. The van der Waals surface area contributed by atoms with Crippen LogP contribution in [0.3, 0.4) is 0 Å². The van der Waals surface area contributed by atoms with E-state index < -0.39 is 11.0 Å². The van der Waals surface area contributed by atoms with Crippen molar-refractivity contribution in [2.24, 2.45) is 0 Å². The molecule has 0 saturated carbocycles. The molecule has 1 aliphatic heterocycles. The first-order chi connectivity index (χ1) is 11.0. The number of aromatic hydroxyl groups is 1. The molecule has 0 radical (unpaired) electrons. The topological polar surface area (TPSA) is 61.8 Å². The zero-order valence-corrected chi connectivity index (χ0v) is 13.7. The molecular formula is C17H18N2O3S. The van der Waals surface area contributed by atoms with E-state index in [0.29, 0.717) is 11.3 Å². The van der Waals surface area contributed by atoms with Gasteiger partial charge < -0.3 is 14.7 Å². The van der Waals surface area contributed by atoms with E-state index in [4.69, 9.17) is 4.74 Å². The molecule has 2 N–H and O–H groups in total. The molecule has 23 heavy (non-hydrogen) atoms. The molecule has 0 aromatic heterocycles. The molecule has 120 valence electrons. The minimum atomic E-state index is -1.09. The Morgan fingerprint density at radius 3 is 2.43 bits per heavy atom. The van der Waals surface area contributed by atoms with E-state index in [1.165, 1.54) is 4.90 Å². The second-order valence-corrected chi connectivity index (χ2v) is 5.95. The Balaban J connectivity index is 2.20. The maximum atomic E-state index is 13.0. The number of phenolic OH excluding ortho intramolecular Hbond substituents is 1. The van der Waals surface area contributed by atoms with Crippen LogP contribution in [0.15, 0.2) is 48.5 Å². The summed E-state index contributed by atoms with van der Waals surface area (Å²) in [6, 6.07) is 14.0. The standard InChI is InChI=1S/C17H18N2O3S/c1-19-15(21)17(18-16(19)23,12-4-3-5-13(20)10-12)11-6-8-14(22-2)9-7-11/h3-10,16,18,20,23H,1-2H3. The number of benzene rings is 2. The van der Waals surface area contributed by atoms with Crippen molar-refractivity contribution >= 4 is 18.5 Å². The number of thiol groups is 1. The summed E-state index contributed by atoms with van der Waals surface area (Å²) in [7, 11) is 3.29. The number of ether oxygens (including phenoxy) is 1. The van der Waals surface area contributed by atoms with Gasteiger partial charge in [-0.15, -0.1) is 12.6 Å². The zero-order valence-electron chi connectivity index (χ0n) is 12.9. The van der Waals surface area contributed by atoms with Gasteiger partial charge in [0.05, 0.1) is 7.11 Å². The third-order valence-corrected chi connectivity index (χ3v) is 4.63. The number of methoxy groups -OCH3 is 1. The lowest BCUT2D eigenvalue weighted by molar-refractivity contribution is -0.130. The average molecular weight is 330 g/mol. The van der Waals surface area contributed by atoms with Gasteiger partial charge in [0.1, 0.15) is 17.0 Å². The van der Waals surface area contributed by atoms with E-state index in [1.807, 2.05) is 18.2 Å². The Hall–Kier alpha value is -2.18. The third kappa shape index (κ3) is 2.44. The van der Waals surface area contributed by atoms with Gasteiger partial charge in [-0.3, -0.25) is 10.1 Å². The van der Waals surface area contributed by atoms with Crippen molar-refractivity contribution < 1.29 is 14.6 Å². The molecule has 2 aromatic rings. The number of carbonyl (C=O) groups is 1. The molecule has 2 atom stereocenters. The van der Waals surface area contributed by atoms with Crippen LogP contribution in [0.2, 0.25) is 0 Å². The van der Waals surface area contributed by atoms with Crippen molar-refractivity contribution in [1.29, 1.82) is 0 Å². The van der Waals surface area contributed by atoms with Gasteiger partial charge in [-0.2, -0.15) is 0 Å². The van der Waals surface area contributed by atoms with Crippen molar-refractivity contribution in [3.63, 3.8) is 0 Å². The van der Waals surface area contributed by atoms with Crippen LogP contribution in [0.1, 0.15) is 11.1 Å². The smallest absolute Gasteiger partial charge is 0.253 e. The van der Waals surface area contributed by atoms with E-state index in [1.54, 1.807) is 44.5 Å². The maximum absolute atomic E-state index is 13.0. The Kier molecular flexibility index (Phi) is 3.95. The molecular weight excluding hydrogens is 312 g/mol. The van der Waals surface area contributed by atoms with Crippen LogP contribution in [0.5, 0.6) is 11.5 Å². The first-order valence-corrected chi connectivity index (χ1v) is 7.68. The molecule has 1 fully saturated rings. The SMILES string of the molecule is COc1ccc(C2(c3cccc(O)c3)NC(S)N(C)C2=O)cc1. The van der Waals surface area contributed by atoms with E-state index in [-0.39, 0.29) is 11.7 Å². The minimum Gasteiger partial charge on any atom is -0.508 e. The summed E-state index contributed by atoms with van der Waals surface area (Å²) in [5, 5.41) is 13.1. The monoisotopic (exact) mass is 330 g/mol. The first-order valence-electron chi connectivity index (χ1n) is 7.16. The van der Waals surface area contributed by atoms with Crippen molar-refractivity contribution in [1.82, 2.24) is 10.2 Å². The molecule has 1 heterocycles. The van der Waals surface area contributed by atoms with Gasteiger partial charge in [-0.25, -0.2) is 0 Å². The lowest BCUT2D eigenvalue weighted by atomic mass is 9.82. The van der Waals surface area contributed by atoms with Crippen LogP contribution < -0.4 is 10.1 Å². The van der Waals surface area contributed by atoms with Gasteiger partial charge in [-0.1, -0.05) is 24.3 Å². The van der Waals surface area contributed by atoms with Crippen molar-refractivity contribution in [3.8, 4) is 11.5 Å². The second kappa shape index (κ2) is 5.79. The summed E-state index contributed by atoms with van der Waals surface area (Å²) in [5.74, 6) is 0.685. The third-order valence-electron chi connectivity index (χ3n) is 4.16. The van der Waals surface area contributed by atoms with Gasteiger partial charge in [0.15, 0.2) is 5.54 Å². The number of hydrogen-bond acceptors (Lipinski definition) is 5. The number of nitrogens with zero attached hydrogens (tertiary/aromatic N) is 1. The predicted molar refractivity (Wildman–Crippen MR) is 90.6 cm³/mol. The number of phenols is 1. The highest BCUT2D eigenvalue weighted by Crippen LogP contribution is 2.39. The summed E-state index contributed by atoms with van der Waals surface area (Å²) >= 11 is 4.43. The lowest BCUT2D eigenvalue weighted by Crippen LogP contribution is -2.45. The summed E-state index contributed by atoms with van der Waals surface area (Å²) in [5.41, 5.74) is -0.0908. The highest BCUT2D eigenvalue weighted by molar-refractivity contribution is 7.80. The summed E-state index contributed by atoms with van der Waals surface area (Å²) in [4.78, 5) is 14.5. The number of likely N-dealkylation sites (N-methyl/N-ethyl adjacent to an activating group) is 1. The average Bonchev–Trinajstić information content (AvgIpc) is 2.80. The molecule has 0 spiro atoms. The van der Waals surface area contributed by atoms with E-state index >= 15 is 0 Å². The van der Waals surface area contributed by atoms with E-state index in [0.717, 1.165) is 5.56 Å². The molecule has 1 amide bonds. The Labute approximate surface area is 140 Å². The quantitative estimate of drug-likeness (QED) is 0.753. The van der Waals surface area contributed by atoms with E-state index in [2.05, 4.69) is 17.9 Å². The van der Waals surface area contributed by atoms with Gasteiger partial charge in [0, 0.05) is 7.05 Å². The van der Waals surface area contributed by atoms with Crippen LogP contribution in [0.4, 0.5) is 0 Å². The number of carbonyl (C=O) groups excluding carboxylic acids is 1. The van der Waals surface area contributed by atoms with Crippen LogP contribution >= 0.6 is 12.6 Å². The fourth-order valence-electron chi connectivity index (χ4n) is 2.89. The van der Waals surface area contributed by atoms with Crippen LogP contribution in [0, 0.1) is 0 Å². The summed E-state index contributed by atoms with van der Waals surface area (Å²) in [6.45, 7) is 0. The highest BCUT2D eigenvalue weighted by atomic mass is 32.1. The highest BCUT2D eigenvalue weighted by Gasteiger charge is 2.51. The number of hydrogen-bond donors (Lipinski definition) is 3. The molecule has 0 bridgehead atoms. The maximum Gasteiger partial charge on any atom is 0.253 e. The van der Waals surface area contributed by atoms with Crippen LogP contribution in [-0.2, 0) is 10.3 Å². The molecule has 1 saturated heterocycles. The molecule has 5 nitrogen and oxygen atoms in total. The fraction of sp³-hybridized carbons (Fsp3) is 0.235. The normalized spacial score (nSPS) is 24.0. The second-order valence-electron chi connectivity index (χ2n) is 5.46. The van der Waals surface area contributed by atoms with E-state index in [9.17, 15) is 9.90 Å². The Morgan fingerprint density at radius 2 is 1.91 bits per heavy atom. The van der Waals surface area contributed by atoms with Crippen molar-refractivity contribution in [2.45, 2.75) is 11.0 Å². The molecule has 0 aliphatic carbocycles. The molecule has 1 aliphatic rings. The summed E-state index contributed by atoms with van der Waals surface area (Å²) in [6.07, 6.45) is 0. The number of nitrogens with one attached hydrogen (secondary N) is 1. The van der Waals surface area contributed by atoms with Gasteiger partial charge in [-0.05, 0) is 35.4 Å². The largest absolute Gasteiger partial charge is 0.508 e. The molecule has 2 unspecified atom stereocenters. The molecule has 6 heteroatoms. The van der Waals surface area contributed by atoms with Gasteiger partial charge in [0.2, 0.25) is 0 Å². The van der Waals surface area contributed by atoms with Gasteiger partial charge >= 0.3 is 0 Å². The predicted octanol–water partition coefficient (Wildman–Crippen LogP) is 1.92. The molecule has 3 rings (SSSR count). The number of amides is 1. The lowest BCUT2D eigenvalue weighted by Gasteiger charge is -2.28. The number of rotatable bonds is 3. The van der Waals surface area contributed by atoms with Crippen LogP contribution in [0.25, 0.3) is 0 Å². The Morgan fingerprint density at radius 1 is 1.22 bits per heavy atom. The van der Waals surface area contributed by atoms with Crippen LogP contribution in [-0.4, -0.2) is 35.6 Å². The Bertz CT molecular complexity index is 735. The summed E-state index contributed by atoms with van der Waals surface area (Å²) < 4.78 is 5.19. The van der Waals surface area contributed by atoms with Gasteiger partial charge in [0.25, 0.3) is 5.91 Å². The van der Waals surface area contributed by atoms with Crippen molar-refractivity contribution in [3.05, 3.63) is 59.7 Å². The molecule has 2 aromatic carbocycles. The minimum absolute atomic E-state index is 0.107.